The summed E-state index contributed by atoms with van der Waals surface area (Å²) in [5.74, 6) is 0.575. The van der Waals surface area contributed by atoms with Crippen molar-refractivity contribution >= 4 is 5.91 Å². The number of aromatic nitrogens is 2. The van der Waals surface area contributed by atoms with E-state index < -0.39 is 12.1 Å². The molecule has 0 radical (unpaired) electrons. The number of ether oxygens (including phenoxy) is 1. The number of hydrogen-bond acceptors (Lipinski definition) is 6. The van der Waals surface area contributed by atoms with Crippen LogP contribution in [0.5, 0.6) is 5.75 Å². The molecule has 3 N–H and O–H groups in total. The van der Waals surface area contributed by atoms with Gasteiger partial charge in [0.25, 0.3) is 11.5 Å². The Morgan fingerprint density at radius 3 is 2.51 bits per heavy atom. The number of rotatable bonds is 11. The second-order valence-corrected chi connectivity index (χ2v) is 13.4. The van der Waals surface area contributed by atoms with Crippen LogP contribution in [-0.2, 0) is 12.8 Å². The molecular formula is C39H46N4O4. The lowest BCUT2D eigenvalue weighted by Crippen LogP contribution is -2.50. The monoisotopic (exact) mass is 634 g/mol. The summed E-state index contributed by atoms with van der Waals surface area (Å²) in [4.78, 5) is 31.7. The minimum atomic E-state index is -0.884. The molecule has 8 heteroatoms. The molecule has 1 saturated carbocycles. The van der Waals surface area contributed by atoms with Gasteiger partial charge in [-0.15, -0.1) is 0 Å². The highest BCUT2D eigenvalue weighted by molar-refractivity contribution is 5.95. The molecule has 246 valence electrons. The number of pyridine rings is 2. The van der Waals surface area contributed by atoms with E-state index in [0.717, 1.165) is 55.4 Å². The van der Waals surface area contributed by atoms with Crippen molar-refractivity contribution in [2.75, 3.05) is 6.54 Å². The fourth-order valence-electron chi connectivity index (χ4n) is 7.07. The highest BCUT2D eigenvalue weighted by Gasteiger charge is 2.43. The molecule has 1 spiro atoms. The zero-order valence-corrected chi connectivity index (χ0v) is 27.6. The van der Waals surface area contributed by atoms with Gasteiger partial charge in [-0.25, -0.2) is 0 Å². The number of nitrogens with zero attached hydrogens (tertiary/aromatic N) is 2. The highest BCUT2D eigenvalue weighted by Crippen LogP contribution is 2.47. The van der Waals surface area contributed by atoms with Gasteiger partial charge >= 0.3 is 0 Å². The summed E-state index contributed by atoms with van der Waals surface area (Å²) >= 11 is 0. The maximum absolute atomic E-state index is 13.9. The minimum absolute atomic E-state index is 0.0293. The van der Waals surface area contributed by atoms with Crippen LogP contribution in [0, 0.1) is 0 Å². The Morgan fingerprint density at radius 1 is 1.04 bits per heavy atom. The van der Waals surface area contributed by atoms with Crippen molar-refractivity contribution in [3.05, 3.63) is 118 Å². The predicted octanol–water partition coefficient (Wildman–Crippen LogP) is 6.18. The second kappa shape index (κ2) is 14.2. The summed E-state index contributed by atoms with van der Waals surface area (Å²) < 4.78 is 8.20. The Hall–Kier alpha value is -4.27. The number of aliphatic hydroxyl groups excluding tert-OH is 1. The van der Waals surface area contributed by atoms with E-state index in [2.05, 4.69) is 40.7 Å². The van der Waals surface area contributed by atoms with E-state index in [9.17, 15) is 14.7 Å². The van der Waals surface area contributed by atoms with E-state index >= 15 is 0 Å². The van der Waals surface area contributed by atoms with Crippen molar-refractivity contribution in [3.63, 3.8) is 0 Å². The summed E-state index contributed by atoms with van der Waals surface area (Å²) in [5.41, 5.74) is 4.22. The first kappa shape index (κ1) is 32.7. The van der Waals surface area contributed by atoms with Gasteiger partial charge in [0.15, 0.2) is 0 Å². The van der Waals surface area contributed by atoms with Gasteiger partial charge < -0.3 is 25.0 Å². The molecular weight excluding hydrogens is 588 g/mol. The maximum atomic E-state index is 13.9. The predicted molar refractivity (Wildman–Crippen MR) is 185 cm³/mol. The van der Waals surface area contributed by atoms with Gasteiger partial charge in [-0.05, 0) is 87.8 Å². The molecule has 2 aromatic heterocycles. The zero-order valence-electron chi connectivity index (χ0n) is 27.6. The number of aryl methyl sites for hydroxylation is 1. The zero-order chi connectivity index (χ0) is 33.0. The molecule has 1 aliphatic heterocycles. The second-order valence-electron chi connectivity index (χ2n) is 13.4. The van der Waals surface area contributed by atoms with Crippen LogP contribution >= 0.6 is 0 Å². The van der Waals surface area contributed by atoms with Crippen LogP contribution in [0.15, 0.2) is 90.0 Å². The van der Waals surface area contributed by atoms with Gasteiger partial charge in [-0.2, -0.15) is 0 Å². The van der Waals surface area contributed by atoms with E-state index in [1.54, 1.807) is 35.2 Å². The standard InChI is InChI=1S/C39H46N4O4/c1-4-27-15-16-36-30(20-27)34(23-39(47-36)17-9-10-18-39)41-24-35(44)33(21-28-12-6-5-7-13-28)42-37(45)29-22-31(32-14-8-11-19-40-32)38(46)43(25-29)26(2)3/h5-8,11-16,19-20,22,25-26,33-35,41,44H,4,9-10,17-18,21,23-24H2,1-3H3,(H,42,45)/t33?,34?,35-/m1/s1. The van der Waals surface area contributed by atoms with Crippen molar-refractivity contribution in [1.82, 2.24) is 20.2 Å². The molecule has 0 saturated heterocycles. The quantitative estimate of drug-likeness (QED) is 0.182. The van der Waals surface area contributed by atoms with E-state index in [0.29, 0.717) is 29.8 Å². The Balaban J connectivity index is 1.26. The molecule has 2 aromatic carbocycles. The summed E-state index contributed by atoms with van der Waals surface area (Å²) in [6, 6.07) is 22.6. The first-order chi connectivity index (χ1) is 22.7. The van der Waals surface area contributed by atoms with E-state index in [1.807, 2.05) is 50.2 Å². The van der Waals surface area contributed by atoms with E-state index in [1.165, 1.54) is 5.56 Å². The van der Waals surface area contributed by atoms with Gasteiger partial charge in [0, 0.05) is 43.0 Å². The Labute approximate surface area is 277 Å². The lowest BCUT2D eigenvalue weighted by atomic mass is 9.85. The van der Waals surface area contributed by atoms with Crippen LogP contribution < -0.4 is 20.9 Å². The minimum Gasteiger partial charge on any atom is -0.487 e. The number of hydrogen-bond donors (Lipinski definition) is 3. The van der Waals surface area contributed by atoms with E-state index in [-0.39, 0.29) is 29.2 Å². The van der Waals surface area contributed by atoms with Crippen molar-refractivity contribution < 1.29 is 14.6 Å². The summed E-state index contributed by atoms with van der Waals surface area (Å²) in [6.45, 7) is 6.26. The molecule has 1 amide bonds. The van der Waals surface area contributed by atoms with E-state index in [4.69, 9.17) is 4.74 Å². The van der Waals surface area contributed by atoms with Crippen LogP contribution in [0.3, 0.4) is 0 Å². The first-order valence-corrected chi connectivity index (χ1v) is 17.0. The summed E-state index contributed by atoms with van der Waals surface area (Å²) in [6.07, 6.45) is 8.98. The molecule has 8 nitrogen and oxygen atoms in total. The van der Waals surface area contributed by atoms with Gasteiger partial charge in [-0.3, -0.25) is 14.6 Å². The third-order valence-corrected chi connectivity index (χ3v) is 9.73. The number of benzene rings is 2. The van der Waals surface area contributed by atoms with Crippen LogP contribution in [0.1, 0.15) is 92.0 Å². The molecule has 47 heavy (non-hydrogen) atoms. The summed E-state index contributed by atoms with van der Waals surface area (Å²) in [7, 11) is 0. The van der Waals surface area contributed by atoms with Crippen LogP contribution in [-0.4, -0.2) is 44.9 Å². The maximum Gasteiger partial charge on any atom is 0.260 e. The lowest BCUT2D eigenvalue weighted by molar-refractivity contribution is 0.0326. The largest absolute Gasteiger partial charge is 0.487 e. The number of carbonyl (C=O) groups excluding carboxylic acids is 1. The number of nitrogens with one attached hydrogen (secondary N) is 2. The van der Waals surface area contributed by atoms with Crippen LogP contribution in [0.25, 0.3) is 11.3 Å². The fourth-order valence-corrected chi connectivity index (χ4v) is 7.07. The third kappa shape index (κ3) is 7.34. The molecule has 3 heterocycles. The van der Waals surface area contributed by atoms with Crippen LogP contribution in [0.4, 0.5) is 0 Å². The molecule has 6 rings (SSSR count). The number of fused-ring (bicyclic) bond motifs is 1. The van der Waals surface area contributed by atoms with Gasteiger partial charge in [0.1, 0.15) is 11.4 Å². The van der Waals surface area contributed by atoms with Gasteiger partial charge in [-0.1, -0.05) is 55.5 Å². The highest BCUT2D eigenvalue weighted by atomic mass is 16.5. The Bertz CT molecular complexity index is 1730. The molecule has 2 aliphatic rings. The number of aliphatic hydroxyl groups is 1. The third-order valence-electron chi connectivity index (χ3n) is 9.73. The molecule has 3 atom stereocenters. The topological polar surface area (TPSA) is 105 Å². The number of carbonyl (C=O) groups is 1. The lowest BCUT2D eigenvalue weighted by Gasteiger charge is -2.41. The SMILES string of the molecule is CCc1ccc2c(c1)C(NC[C@@H](O)C(Cc1ccccc1)NC(=O)c1cc(-c3ccccn3)c(=O)n(C(C)C)c1)CC1(CCCC1)O2. The van der Waals surface area contributed by atoms with Crippen molar-refractivity contribution in [2.24, 2.45) is 0 Å². The Kier molecular flexibility index (Phi) is 9.89. The Morgan fingerprint density at radius 2 is 1.81 bits per heavy atom. The first-order valence-electron chi connectivity index (χ1n) is 17.0. The summed E-state index contributed by atoms with van der Waals surface area (Å²) in [5, 5.41) is 18.6. The fraction of sp³-hybridized carbons (Fsp3) is 0.410. The molecule has 4 aromatic rings. The molecule has 2 unspecified atom stereocenters. The van der Waals surface area contributed by atoms with Crippen molar-refractivity contribution in [3.8, 4) is 17.0 Å². The van der Waals surface area contributed by atoms with Crippen LogP contribution in [0.2, 0.25) is 0 Å². The van der Waals surface area contributed by atoms with Crippen molar-refractivity contribution in [1.29, 1.82) is 0 Å². The number of amides is 1. The smallest absolute Gasteiger partial charge is 0.260 e. The molecule has 1 fully saturated rings. The van der Waals surface area contributed by atoms with Gasteiger partial charge in [0.2, 0.25) is 0 Å². The average Bonchev–Trinajstić information content (AvgIpc) is 3.54. The molecule has 0 bridgehead atoms. The van der Waals surface area contributed by atoms with Gasteiger partial charge in [0.05, 0.1) is 29.0 Å². The molecule has 1 aliphatic carbocycles. The normalized spacial score (nSPS) is 18.0. The van der Waals surface area contributed by atoms with Crippen molar-refractivity contribution in [2.45, 2.75) is 95.5 Å². The average molecular weight is 635 g/mol.